The molecule has 0 bridgehead atoms. The van der Waals surface area contributed by atoms with E-state index >= 15 is 0 Å². The van der Waals surface area contributed by atoms with Crippen molar-refractivity contribution in [3.63, 3.8) is 0 Å². The molecule has 0 saturated carbocycles. The van der Waals surface area contributed by atoms with E-state index in [2.05, 4.69) is 14.8 Å². The zero-order valence-corrected chi connectivity index (χ0v) is 19.9. The van der Waals surface area contributed by atoms with Crippen molar-refractivity contribution in [1.29, 1.82) is 0 Å². The molecule has 1 aliphatic heterocycles. The number of nitrogens with zero attached hydrogens (tertiary/aromatic N) is 3. The third-order valence-corrected chi connectivity index (χ3v) is 5.81. The standard InChI is InChI=1S/C23H30ClN5O4/c1-31-19-7-5-16(20(32-2)21(19)33-3)14-29-10-8-28(9-11-29)13-15-4-6-17(24)12-18(15)22(30)27-23(25)26/h4-7,12H,8-11,13-14H2,1-3H3,(H4,25,26,27,30). The molecule has 2 aromatic carbocycles. The summed E-state index contributed by atoms with van der Waals surface area (Å²) in [6, 6.07) is 9.11. The lowest BCUT2D eigenvalue weighted by molar-refractivity contribution is 0.0996. The van der Waals surface area contributed by atoms with E-state index in [1.54, 1.807) is 33.5 Å². The van der Waals surface area contributed by atoms with Gasteiger partial charge in [0.05, 0.1) is 21.3 Å². The molecule has 1 saturated heterocycles. The number of aliphatic imine (C=N–C) groups is 1. The van der Waals surface area contributed by atoms with E-state index in [9.17, 15) is 4.79 Å². The van der Waals surface area contributed by atoms with Crippen molar-refractivity contribution in [2.75, 3.05) is 47.5 Å². The van der Waals surface area contributed by atoms with E-state index in [0.29, 0.717) is 34.4 Å². The van der Waals surface area contributed by atoms with E-state index < -0.39 is 5.91 Å². The lowest BCUT2D eigenvalue weighted by atomic mass is 10.1. The van der Waals surface area contributed by atoms with Crippen molar-refractivity contribution in [2.45, 2.75) is 13.1 Å². The normalized spacial score (nSPS) is 14.5. The summed E-state index contributed by atoms with van der Waals surface area (Å²) < 4.78 is 16.5. The molecule has 1 fully saturated rings. The first-order valence-electron chi connectivity index (χ1n) is 10.5. The molecule has 1 amide bonds. The molecule has 4 N–H and O–H groups in total. The lowest BCUT2D eigenvalue weighted by Gasteiger charge is -2.35. The van der Waals surface area contributed by atoms with Crippen LogP contribution in [0, 0.1) is 0 Å². The highest BCUT2D eigenvalue weighted by Crippen LogP contribution is 2.40. The van der Waals surface area contributed by atoms with Crippen molar-refractivity contribution in [3.05, 3.63) is 52.0 Å². The van der Waals surface area contributed by atoms with Gasteiger partial charge in [0.1, 0.15) is 0 Å². The number of piperazine rings is 1. The summed E-state index contributed by atoms with van der Waals surface area (Å²) >= 11 is 6.09. The highest BCUT2D eigenvalue weighted by atomic mass is 35.5. The van der Waals surface area contributed by atoms with Gasteiger partial charge in [-0.2, -0.15) is 4.99 Å². The average molecular weight is 476 g/mol. The van der Waals surface area contributed by atoms with Crippen molar-refractivity contribution in [1.82, 2.24) is 9.80 Å². The van der Waals surface area contributed by atoms with Gasteiger partial charge in [-0.05, 0) is 23.8 Å². The van der Waals surface area contributed by atoms with Crippen LogP contribution in [0.1, 0.15) is 21.5 Å². The number of ether oxygens (including phenoxy) is 3. The molecule has 0 atom stereocenters. The summed E-state index contributed by atoms with van der Waals surface area (Å²) in [5.41, 5.74) is 13.0. The lowest BCUT2D eigenvalue weighted by Crippen LogP contribution is -2.45. The first-order chi connectivity index (χ1) is 15.9. The number of carbonyl (C=O) groups excluding carboxylic acids is 1. The van der Waals surface area contributed by atoms with E-state index in [4.69, 9.17) is 37.3 Å². The second kappa shape index (κ2) is 11.2. The second-order valence-corrected chi connectivity index (χ2v) is 8.13. The number of hydrogen-bond donors (Lipinski definition) is 2. The molecule has 0 unspecified atom stereocenters. The van der Waals surface area contributed by atoms with Crippen LogP contribution in [0.5, 0.6) is 17.2 Å². The Morgan fingerprint density at radius 2 is 1.48 bits per heavy atom. The molecule has 10 heteroatoms. The smallest absolute Gasteiger partial charge is 0.280 e. The summed E-state index contributed by atoms with van der Waals surface area (Å²) in [6.07, 6.45) is 0. The fraction of sp³-hybridized carbons (Fsp3) is 0.391. The van der Waals surface area contributed by atoms with Gasteiger partial charge in [-0.15, -0.1) is 0 Å². The summed E-state index contributed by atoms with van der Waals surface area (Å²) in [5, 5.41) is 0.460. The molecule has 178 valence electrons. The highest BCUT2D eigenvalue weighted by molar-refractivity contribution is 6.31. The van der Waals surface area contributed by atoms with Gasteiger partial charge in [0.2, 0.25) is 5.75 Å². The number of halogens is 1. The third kappa shape index (κ3) is 6.07. The Bertz CT molecular complexity index is 1020. The first-order valence-corrected chi connectivity index (χ1v) is 10.9. The Balaban J connectivity index is 1.66. The van der Waals surface area contributed by atoms with Gasteiger partial charge in [-0.25, -0.2) is 0 Å². The van der Waals surface area contributed by atoms with Crippen LogP contribution in [-0.4, -0.2) is 69.2 Å². The minimum absolute atomic E-state index is 0.273. The fourth-order valence-corrected chi connectivity index (χ4v) is 4.11. The third-order valence-electron chi connectivity index (χ3n) is 5.57. The van der Waals surface area contributed by atoms with Crippen LogP contribution in [0.15, 0.2) is 35.3 Å². The van der Waals surface area contributed by atoms with Gasteiger partial charge in [-0.3, -0.25) is 14.6 Å². The topological polar surface area (TPSA) is 116 Å². The van der Waals surface area contributed by atoms with Crippen LogP contribution in [0.25, 0.3) is 0 Å². The van der Waals surface area contributed by atoms with Crippen LogP contribution >= 0.6 is 11.6 Å². The van der Waals surface area contributed by atoms with Gasteiger partial charge in [0.15, 0.2) is 17.5 Å². The van der Waals surface area contributed by atoms with Crippen molar-refractivity contribution < 1.29 is 19.0 Å². The minimum Gasteiger partial charge on any atom is -0.493 e. The molecule has 1 aliphatic rings. The number of rotatable bonds is 8. The largest absolute Gasteiger partial charge is 0.493 e. The zero-order chi connectivity index (χ0) is 24.0. The highest BCUT2D eigenvalue weighted by Gasteiger charge is 2.22. The molecule has 9 nitrogen and oxygen atoms in total. The Morgan fingerprint density at radius 3 is 2.03 bits per heavy atom. The molecule has 0 aromatic heterocycles. The minimum atomic E-state index is -0.494. The first kappa shape index (κ1) is 24.6. The molecule has 33 heavy (non-hydrogen) atoms. The average Bonchev–Trinajstić information content (AvgIpc) is 2.80. The number of methoxy groups -OCH3 is 3. The predicted octanol–water partition coefficient (Wildman–Crippen LogP) is 2.10. The van der Waals surface area contributed by atoms with Crippen LogP contribution in [0.3, 0.4) is 0 Å². The maximum Gasteiger partial charge on any atom is 0.280 e. The Labute approximate surface area is 198 Å². The van der Waals surface area contributed by atoms with Crippen molar-refractivity contribution in [2.24, 2.45) is 16.5 Å². The van der Waals surface area contributed by atoms with E-state index in [1.165, 1.54) is 0 Å². The molecule has 0 aliphatic carbocycles. The van der Waals surface area contributed by atoms with E-state index in [1.807, 2.05) is 18.2 Å². The van der Waals surface area contributed by atoms with Gasteiger partial charge in [-0.1, -0.05) is 23.7 Å². The number of amides is 1. The van der Waals surface area contributed by atoms with Gasteiger partial charge in [0.25, 0.3) is 5.91 Å². The number of nitrogens with two attached hydrogens (primary N) is 2. The van der Waals surface area contributed by atoms with E-state index in [-0.39, 0.29) is 5.96 Å². The maximum absolute atomic E-state index is 12.4. The summed E-state index contributed by atoms with van der Waals surface area (Å²) in [6.45, 7) is 4.74. The summed E-state index contributed by atoms with van der Waals surface area (Å²) in [5.74, 6) is 1.15. The van der Waals surface area contributed by atoms with Crippen LogP contribution in [-0.2, 0) is 13.1 Å². The number of carbonyl (C=O) groups is 1. The summed E-state index contributed by atoms with van der Waals surface area (Å²) in [4.78, 5) is 20.7. The molecule has 0 radical (unpaired) electrons. The SMILES string of the molecule is COc1ccc(CN2CCN(Cc3ccc(Cl)cc3C(=O)N=C(N)N)CC2)c(OC)c1OC. The number of guanidine groups is 1. The van der Waals surface area contributed by atoms with Gasteiger partial charge in [0, 0.05) is 55.4 Å². The molecule has 0 spiro atoms. The molecular formula is C23H30ClN5O4. The quantitative estimate of drug-likeness (QED) is 0.440. The van der Waals surface area contributed by atoms with Crippen molar-refractivity contribution >= 4 is 23.5 Å². The van der Waals surface area contributed by atoms with Crippen LogP contribution in [0.4, 0.5) is 0 Å². The van der Waals surface area contributed by atoms with Gasteiger partial charge < -0.3 is 25.7 Å². The molecule has 1 heterocycles. The fourth-order valence-electron chi connectivity index (χ4n) is 3.94. The summed E-state index contributed by atoms with van der Waals surface area (Å²) in [7, 11) is 4.84. The number of hydrogen-bond acceptors (Lipinski definition) is 6. The van der Waals surface area contributed by atoms with Crippen LogP contribution < -0.4 is 25.7 Å². The van der Waals surface area contributed by atoms with Crippen molar-refractivity contribution in [3.8, 4) is 17.2 Å². The maximum atomic E-state index is 12.4. The molecular weight excluding hydrogens is 446 g/mol. The second-order valence-electron chi connectivity index (χ2n) is 7.69. The Kier molecular flexibility index (Phi) is 8.37. The monoisotopic (exact) mass is 475 g/mol. The molecule has 3 rings (SSSR count). The Morgan fingerprint density at radius 1 is 0.909 bits per heavy atom. The van der Waals surface area contributed by atoms with E-state index in [0.717, 1.165) is 43.9 Å². The Hall–Kier alpha value is -3.01. The van der Waals surface area contributed by atoms with Crippen LogP contribution in [0.2, 0.25) is 5.02 Å². The predicted molar refractivity (Wildman–Crippen MR) is 128 cm³/mol. The number of benzene rings is 2. The van der Waals surface area contributed by atoms with Gasteiger partial charge >= 0.3 is 0 Å². The zero-order valence-electron chi connectivity index (χ0n) is 19.1. The molecule has 2 aromatic rings.